The van der Waals surface area contributed by atoms with Gasteiger partial charge in [-0.2, -0.15) is 0 Å². The van der Waals surface area contributed by atoms with Crippen LogP contribution in [0.3, 0.4) is 0 Å². The minimum absolute atomic E-state index is 0.143. The molecule has 5 aromatic rings. The Labute approximate surface area is 214 Å². The maximum absolute atomic E-state index is 15.8. The molecule has 3 aromatic carbocycles. The SMILES string of the molecule is CCOc1cc(CC)cc(C(Nc2ccc3c(N)nccc3c2)c2nc(-c3cccc(O)c3)c[nH]2)c1F. The molecule has 1 atom stereocenters. The molecule has 0 aliphatic carbocycles. The number of phenols is 1. The lowest BCUT2D eigenvalue weighted by atomic mass is 9.99. The minimum Gasteiger partial charge on any atom is -0.508 e. The van der Waals surface area contributed by atoms with Crippen molar-refractivity contribution in [2.45, 2.75) is 26.3 Å². The smallest absolute Gasteiger partial charge is 0.170 e. The van der Waals surface area contributed by atoms with Crippen molar-refractivity contribution in [2.24, 2.45) is 0 Å². The number of hydrogen-bond acceptors (Lipinski definition) is 6. The van der Waals surface area contributed by atoms with Crippen LogP contribution >= 0.6 is 0 Å². The van der Waals surface area contributed by atoms with E-state index in [0.717, 1.165) is 34.0 Å². The Morgan fingerprint density at radius 1 is 1.11 bits per heavy atom. The average Bonchev–Trinajstić information content (AvgIpc) is 3.39. The summed E-state index contributed by atoms with van der Waals surface area (Å²) in [5.74, 6) is 0.874. The number of pyridine rings is 1. The third kappa shape index (κ3) is 4.91. The Morgan fingerprint density at radius 3 is 2.76 bits per heavy atom. The number of nitrogens with two attached hydrogens (primary N) is 1. The first-order valence-electron chi connectivity index (χ1n) is 12.2. The highest BCUT2D eigenvalue weighted by Gasteiger charge is 2.25. The van der Waals surface area contributed by atoms with Gasteiger partial charge in [-0.3, -0.25) is 0 Å². The van der Waals surface area contributed by atoms with Crippen molar-refractivity contribution < 1.29 is 14.2 Å². The van der Waals surface area contributed by atoms with Crippen LogP contribution in [-0.2, 0) is 6.42 Å². The Morgan fingerprint density at radius 2 is 1.97 bits per heavy atom. The highest BCUT2D eigenvalue weighted by Crippen LogP contribution is 2.35. The maximum atomic E-state index is 15.8. The summed E-state index contributed by atoms with van der Waals surface area (Å²) in [6, 6.07) is 17.4. The van der Waals surface area contributed by atoms with Gasteiger partial charge in [0.25, 0.3) is 0 Å². The molecule has 0 fully saturated rings. The molecule has 0 aliphatic rings. The fraction of sp³-hybridized carbons (Fsp3) is 0.172. The van der Waals surface area contributed by atoms with Crippen molar-refractivity contribution in [3.05, 3.63) is 95.8 Å². The van der Waals surface area contributed by atoms with Crippen LogP contribution in [0.1, 0.15) is 36.8 Å². The predicted molar refractivity (Wildman–Crippen MR) is 144 cm³/mol. The quantitative estimate of drug-likeness (QED) is 0.203. The highest BCUT2D eigenvalue weighted by atomic mass is 19.1. The number of imidazole rings is 1. The van der Waals surface area contributed by atoms with E-state index in [1.165, 1.54) is 0 Å². The van der Waals surface area contributed by atoms with Gasteiger partial charge >= 0.3 is 0 Å². The summed E-state index contributed by atoms with van der Waals surface area (Å²) < 4.78 is 21.5. The summed E-state index contributed by atoms with van der Waals surface area (Å²) >= 11 is 0. The van der Waals surface area contributed by atoms with Gasteiger partial charge in [-0.25, -0.2) is 14.4 Å². The van der Waals surface area contributed by atoms with Crippen LogP contribution in [0.2, 0.25) is 0 Å². The van der Waals surface area contributed by atoms with E-state index >= 15 is 4.39 Å². The number of nitrogens with zero attached hydrogens (tertiary/aromatic N) is 2. The first-order chi connectivity index (χ1) is 18.0. The summed E-state index contributed by atoms with van der Waals surface area (Å²) in [4.78, 5) is 12.1. The molecule has 2 aromatic heterocycles. The molecule has 0 radical (unpaired) electrons. The Balaban J connectivity index is 1.62. The number of rotatable bonds is 8. The molecule has 1 unspecified atom stereocenters. The van der Waals surface area contributed by atoms with E-state index in [2.05, 4.69) is 15.3 Å². The van der Waals surface area contributed by atoms with Crippen LogP contribution in [0.5, 0.6) is 11.5 Å². The molecule has 0 amide bonds. The Bertz CT molecular complexity index is 1570. The lowest BCUT2D eigenvalue weighted by Gasteiger charge is -2.22. The number of aromatic amines is 1. The number of aromatic nitrogens is 3. The molecule has 7 nitrogen and oxygen atoms in total. The van der Waals surface area contributed by atoms with Crippen molar-refractivity contribution in [1.82, 2.24) is 15.0 Å². The van der Waals surface area contributed by atoms with Crippen LogP contribution < -0.4 is 15.8 Å². The number of fused-ring (bicyclic) bond motifs is 1. The number of ether oxygens (including phenoxy) is 1. The second-order valence-corrected chi connectivity index (χ2v) is 8.71. The molecule has 37 heavy (non-hydrogen) atoms. The first-order valence-corrected chi connectivity index (χ1v) is 12.2. The van der Waals surface area contributed by atoms with Crippen molar-refractivity contribution in [3.8, 4) is 22.8 Å². The molecule has 0 bridgehead atoms. The molecule has 5 rings (SSSR count). The van der Waals surface area contributed by atoms with E-state index in [-0.39, 0.29) is 11.5 Å². The summed E-state index contributed by atoms with van der Waals surface area (Å²) in [5.41, 5.74) is 9.52. The summed E-state index contributed by atoms with van der Waals surface area (Å²) in [6.07, 6.45) is 4.12. The lowest BCUT2D eigenvalue weighted by Crippen LogP contribution is -2.17. The number of H-pyrrole nitrogens is 1. The monoisotopic (exact) mass is 497 g/mol. The van der Waals surface area contributed by atoms with Gasteiger partial charge in [-0.15, -0.1) is 0 Å². The second-order valence-electron chi connectivity index (χ2n) is 8.71. The van der Waals surface area contributed by atoms with E-state index in [0.29, 0.717) is 29.5 Å². The predicted octanol–water partition coefficient (Wildman–Crippen LogP) is 6.21. The molecule has 0 saturated carbocycles. The lowest BCUT2D eigenvalue weighted by molar-refractivity contribution is 0.319. The van der Waals surface area contributed by atoms with Crippen LogP contribution in [0, 0.1) is 5.82 Å². The summed E-state index contributed by atoms with van der Waals surface area (Å²) in [6.45, 7) is 4.20. The fourth-order valence-electron chi connectivity index (χ4n) is 4.40. The van der Waals surface area contributed by atoms with E-state index in [1.807, 2.05) is 50.2 Å². The number of anilines is 2. The highest BCUT2D eigenvalue weighted by molar-refractivity contribution is 5.93. The normalized spacial score (nSPS) is 12.0. The second kappa shape index (κ2) is 10.2. The molecule has 0 saturated heterocycles. The average molecular weight is 498 g/mol. The van der Waals surface area contributed by atoms with Crippen LogP contribution in [0.25, 0.3) is 22.0 Å². The number of hydrogen-bond donors (Lipinski definition) is 4. The minimum atomic E-state index is -0.659. The molecule has 2 heterocycles. The number of nitrogens with one attached hydrogen (secondary N) is 2. The Hall–Kier alpha value is -4.59. The number of nitrogen functional groups attached to an aromatic ring is 1. The standard InChI is InChI=1S/C29H28FN5O2/c1-3-17-12-23(26(30)25(13-17)37-4-2)27(29-33-16-24(35-29)19-6-5-7-21(36)15-19)34-20-8-9-22-18(14-20)10-11-32-28(22)31/h5-16,27,34,36H,3-4H2,1-2H3,(H2,31,32)(H,33,35). The van der Waals surface area contributed by atoms with Gasteiger partial charge in [0, 0.05) is 34.6 Å². The van der Waals surface area contributed by atoms with Gasteiger partial charge < -0.3 is 25.9 Å². The fourth-order valence-corrected chi connectivity index (χ4v) is 4.40. The molecular formula is C29H28FN5O2. The first kappa shape index (κ1) is 24.1. The topological polar surface area (TPSA) is 109 Å². The van der Waals surface area contributed by atoms with Crippen molar-refractivity contribution in [3.63, 3.8) is 0 Å². The molecule has 8 heteroatoms. The molecule has 188 valence electrons. The third-order valence-corrected chi connectivity index (χ3v) is 6.27. The van der Waals surface area contributed by atoms with Gasteiger partial charge in [-0.05, 0) is 66.8 Å². The third-order valence-electron chi connectivity index (χ3n) is 6.27. The number of benzene rings is 3. The van der Waals surface area contributed by atoms with E-state index in [1.54, 1.807) is 36.7 Å². The van der Waals surface area contributed by atoms with Gasteiger partial charge in [0.05, 0.1) is 12.3 Å². The largest absolute Gasteiger partial charge is 0.508 e. The van der Waals surface area contributed by atoms with Crippen LogP contribution in [0.4, 0.5) is 15.9 Å². The van der Waals surface area contributed by atoms with Crippen molar-refractivity contribution in [1.29, 1.82) is 0 Å². The zero-order valence-corrected chi connectivity index (χ0v) is 20.6. The molecule has 0 spiro atoms. The van der Waals surface area contributed by atoms with Gasteiger partial charge in [-0.1, -0.05) is 25.1 Å². The van der Waals surface area contributed by atoms with Crippen molar-refractivity contribution in [2.75, 3.05) is 17.7 Å². The van der Waals surface area contributed by atoms with E-state index < -0.39 is 11.9 Å². The zero-order valence-electron chi connectivity index (χ0n) is 20.6. The summed E-state index contributed by atoms with van der Waals surface area (Å²) in [7, 11) is 0. The van der Waals surface area contributed by atoms with Gasteiger partial charge in [0.2, 0.25) is 0 Å². The number of aromatic hydroxyl groups is 1. The maximum Gasteiger partial charge on any atom is 0.170 e. The zero-order chi connectivity index (χ0) is 25.9. The van der Waals surface area contributed by atoms with Gasteiger partial charge in [0.1, 0.15) is 23.4 Å². The van der Waals surface area contributed by atoms with Crippen LogP contribution in [0.15, 0.2) is 73.1 Å². The number of aryl methyl sites for hydroxylation is 1. The number of phenolic OH excluding ortho intramolecular Hbond substituents is 1. The molecule has 0 aliphatic heterocycles. The van der Waals surface area contributed by atoms with Crippen LogP contribution in [-0.4, -0.2) is 26.7 Å². The van der Waals surface area contributed by atoms with E-state index in [4.69, 9.17) is 15.5 Å². The van der Waals surface area contributed by atoms with Crippen molar-refractivity contribution >= 4 is 22.3 Å². The molecule has 5 N–H and O–H groups in total. The number of halogens is 1. The van der Waals surface area contributed by atoms with Gasteiger partial charge in [0.15, 0.2) is 11.6 Å². The molecular weight excluding hydrogens is 469 g/mol. The summed E-state index contributed by atoms with van der Waals surface area (Å²) in [5, 5.41) is 15.1. The Kier molecular flexibility index (Phi) is 6.64. The van der Waals surface area contributed by atoms with E-state index in [9.17, 15) is 5.11 Å².